The molecule has 1 unspecified atom stereocenters. The minimum absolute atomic E-state index is 0.587. The van der Waals surface area contributed by atoms with Gasteiger partial charge in [0.1, 0.15) is 5.67 Å². The van der Waals surface area contributed by atoms with E-state index in [4.69, 9.17) is 0 Å². The van der Waals surface area contributed by atoms with Gasteiger partial charge in [-0.1, -0.05) is 56.7 Å². The molecule has 2 heteroatoms. The molecule has 1 atom stereocenters. The molecule has 0 radical (unpaired) electrons. The number of hydrogen-bond acceptors (Lipinski definition) is 0. The number of unbranched alkanes of at least 4 members (excludes halogenated alkanes) is 1. The summed E-state index contributed by atoms with van der Waals surface area (Å²) >= 11 is 2.05. The normalized spacial score (nSPS) is 14.2. The van der Waals surface area contributed by atoms with Crippen LogP contribution in [0.5, 0.6) is 0 Å². The molecule has 0 nitrogen and oxygen atoms in total. The van der Waals surface area contributed by atoms with Crippen LogP contribution >= 0.6 is 22.6 Å². The van der Waals surface area contributed by atoms with E-state index < -0.39 is 5.67 Å². The second-order valence-corrected chi connectivity index (χ2v) is 6.12. The zero-order chi connectivity index (χ0) is 13.4. The van der Waals surface area contributed by atoms with Crippen molar-refractivity contribution in [2.24, 2.45) is 0 Å². The van der Waals surface area contributed by atoms with E-state index in [-0.39, 0.29) is 0 Å². The molecule has 0 saturated heterocycles. The molecular weight excluding hydrogens is 338 g/mol. The average Bonchev–Trinajstić information content (AvgIpc) is 2.37. The van der Waals surface area contributed by atoms with E-state index in [9.17, 15) is 4.39 Å². The molecule has 0 saturated carbocycles. The molecule has 0 fully saturated rings. The van der Waals surface area contributed by atoms with Crippen LogP contribution in [0.3, 0.4) is 0 Å². The summed E-state index contributed by atoms with van der Waals surface area (Å²) in [5.41, 5.74) is 0.111. The Hall–Kier alpha value is -0.380. The first-order valence-corrected chi connectivity index (χ1v) is 7.74. The fourth-order valence-electron chi connectivity index (χ4n) is 2.07. The minimum atomic E-state index is -1.18. The van der Waals surface area contributed by atoms with E-state index in [0.29, 0.717) is 16.4 Å². The molecule has 0 bridgehead atoms. The summed E-state index contributed by atoms with van der Waals surface area (Å²) in [6.07, 6.45) is 5.00. The third kappa shape index (κ3) is 5.09. The van der Waals surface area contributed by atoms with Crippen LogP contribution in [-0.4, -0.2) is 5.67 Å². The molecule has 0 aliphatic rings. The summed E-state index contributed by atoms with van der Waals surface area (Å²) in [4.78, 5) is 0. The van der Waals surface area contributed by atoms with Crippen molar-refractivity contribution in [2.75, 3.05) is 0 Å². The molecule has 1 rings (SSSR count). The predicted molar refractivity (Wildman–Crippen MR) is 85.9 cm³/mol. The zero-order valence-corrected chi connectivity index (χ0v) is 13.2. The summed E-state index contributed by atoms with van der Waals surface area (Å²) in [7, 11) is 0. The van der Waals surface area contributed by atoms with Crippen LogP contribution in [-0.2, 0) is 6.42 Å². The van der Waals surface area contributed by atoms with Gasteiger partial charge >= 0.3 is 0 Å². The fraction of sp³-hybridized carbons (Fsp3) is 0.500. The standard InChI is InChI=1S/C16H22FI/c1-3-4-12-16(17,14(2)18)13-8-11-15-9-6-5-7-10-15/h5-7,9-10H,2-4,8,11-13H2,1H3. The smallest absolute Gasteiger partial charge is 0.141 e. The largest absolute Gasteiger partial charge is 0.238 e. The molecule has 0 heterocycles. The number of hydrogen-bond donors (Lipinski definition) is 0. The lowest BCUT2D eigenvalue weighted by Crippen LogP contribution is -2.22. The molecule has 0 aliphatic carbocycles. The van der Waals surface area contributed by atoms with Gasteiger partial charge in [-0.3, -0.25) is 0 Å². The van der Waals surface area contributed by atoms with Crippen molar-refractivity contribution >= 4 is 22.6 Å². The fourth-order valence-corrected chi connectivity index (χ4v) is 2.61. The maximum atomic E-state index is 14.7. The highest BCUT2D eigenvalue weighted by atomic mass is 127. The van der Waals surface area contributed by atoms with Crippen LogP contribution in [0.4, 0.5) is 4.39 Å². The van der Waals surface area contributed by atoms with Crippen LogP contribution in [0.15, 0.2) is 40.5 Å². The number of rotatable bonds is 8. The lowest BCUT2D eigenvalue weighted by Gasteiger charge is -2.24. The van der Waals surface area contributed by atoms with Crippen LogP contribution in [0, 0.1) is 0 Å². The van der Waals surface area contributed by atoms with Gasteiger partial charge in [0.2, 0.25) is 0 Å². The third-order valence-corrected chi connectivity index (χ3v) is 4.26. The van der Waals surface area contributed by atoms with Gasteiger partial charge in [-0.15, -0.1) is 0 Å². The summed E-state index contributed by atoms with van der Waals surface area (Å²) < 4.78 is 15.4. The molecule has 0 aromatic heterocycles. The van der Waals surface area contributed by atoms with Crippen LogP contribution in [0.2, 0.25) is 0 Å². The van der Waals surface area contributed by atoms with E-state index in [1.165, 1.54) is 5.56 Å². The van der Waals surface area contributed by atoms with E-state index in [1.54, 1.807) is 0 Å². The van der Waals surface area contributed by atoms with Crippen LogP contribution in [0.1, 0.15) is 44.6 Å². The predicted octanol–water partition coefficient (Wildman–Crippen LogP) is 5.86. The molecule has 0 spiro atoms. The van der Waals surface area contributed by atoms with Crippen LogP contribution < -0.4 is 0 Å². The van der Waals surface area contributed by atoms with Gasteiger partial charge in [-0.2, -0.15) is 0 Å². The lowest BCUT2D eigenvalue weighted by atomic mass is 9.92. The third-order valence-electron chi connectivity index (χ3n) is 3.29. The Morgan fingerprint density at radius 1 is 1.22 bits per heavy atom. The number of benzene rings is 1. The Kier molecular flexibility index (Phi) is 6.90. The number of halogens is 2. The topological polar surface area (TPSA) is 0 Å². The number of allylic oxidation sites excluding steroid dienone is 1. The molecule has 100 valence electrons. The monoisotopic (exact) mass is 360 g/mol. The Balaban J connectivity index is 2.45. The van der Waals surface area contributed by atoms with Crippen molar-refractivity contribution in [3.63, 3.8) is 0 Å². The highest BCUT2D eigenvalue weighted by molar-refractivity contribution is 14.1. The second kappa shape index (κ2) is 7.93. The highest BCUT2D eigenvalue weighted by Crippen LogP contribution is 2.36. The van der Waals surface area contributed by atoms with Crippen molar-refractivity contribution in [3.05, 3.63) is 46.1 Å². The van der Waals surface area contributed by atoms with Crippen LogP contribution in [0.25, 0.3) is 0 Å². The van der Waals surface area contributed by atoms with Gasteiger partial charge in [-0.05, 0) is 53.8 Å². The van der Waals surface area contributed by atoms with E-state index in [2.05, 4.69) is 25.6 Å². The second-order valence-electron chi connectivity index (χ2n) is 4.81. The molecule has 0 amide bonds. The van der Waals surface area contributed by atoms with Gasteiger partial charge in [0.25, 0.3) is 0 Å². The van der Waals surface area contributed by atoms with Crippen molar-refractivity contribution in [1.29, 1.82) is 0 Å². The lowest BCUT2D eigenvalue weighted by molar-refractivity contribution is 0.188. The summed E-state index contributed by atoms with van der Waals surface area (Å²) in [6.45, 7) is 5.92. The molecule has 1 aromatic rings. The molecule has 0 aliphatic heterocycles. The maximum absolute atomic E-state index is 14.7. The number of alkyl halides is 1. The molecule has 0 N–H and O–H groups in total. The average molecular weight is 360 g/mol. The molecule has 18 heavy (non-hydrogen) atoms. The zero-order valence-electron chi connectivity index (χ0n) is 11.1. The molecule has 1 aromatic carbocycles. The van der Waals surface area contributed by atoms with Crippen molar-refractivity contribution in [3.8, 4) is 0 Å². The van der Waals surface area contributed by atoms with E-state index >= 15 is 0 Å². The van der Waals surface area contributed by atoms with Gasteiger partial charge in [0.15, 0.2) is 0 Å². The van der Waals surface area contributed by atoms with E-state index in [1.807, 2.05) is 40.8 Å². The Morgan fingerprint density at radius 3 is 2.39 bits per heavy atom. The van der Waals surface area contributed by atoms with Gasteiger partial charge < -0.3 is 0 Å². The SMILES string of the molecule is C=C(I)C(F)(CCCC)CCCc1ccccc1. The summed E-state index contributed by atoms with van der Waals surface area (Å²) in [5.74, 6) is 0. The maximum Gasteiger partial charge on any atom is 0.141 e. The van der Waals surface area contributed by atoms with Gasteiger partial charge in [-0.25, -0.2) is 4.39 Å². The van der Waals surface area contributed by atoms with E-state index in [0.717, 1.165) is 25.7 Å². The summed E-state index contributed by atoms with van der Waals surface area (Å²) in [6, 6.07) is 10.3. The van der Waals surface area contributed by atoms with Crippen molar-refractivity contribution in [1.82, 2.24) is 0 Å². The Bertz CT molecular complexity index is 361. The van der Waals surface area contributed by atoms with Gasteiger partial charge in [0.05, 0.1) is 0 Å². The quantitative estimate of drug-likeness (QED) is 0.510. The minimum Gasteiger partial charge on any atom is -0.238 e. The number of aryl methyl sites for hydroxylation is 1. The van der Waals surface area contributed by atoms with Crippen molar-refractivity contribution < 1.29 is 4.39 Å². The molecular formula is C16H22FI. The first kappa shape index (κ1) is 15.7. The van der Waals surface area contributed by atoms with Crippen molar-refractivity contribution in [2.45, 2.75) is 51.1 Å². The highest BCUT2D eigenvalue weighted by Gasteiger charge is 2.30. The first-order valence-electron chi connectivity index (χ1n) is 6.66. The Labute approximate surface area is 124 Å². The first-order chi connectivity index (χ1) is 8.58. The van der Waals surface area contributed by atoms with Gasteiger partial charge in [0, 0.05) is 3.58 Å². The summed E-state index contributed by atoms with van der Waals surface area (Å²) in [5, 5.41) is 0. The Morgan fingerprint density at radius 2 is 1.83 bits per heavy atom.